The van der Waals surface area contributed by atoms with Gasteiger partial charge in [0, 0.05) is 44.9 Å². The number of hydrogen-bond acceptors (Lipinski definition) is 7. The molecule has 0 aromatic carbocycles. The lowest BCUT2D eigenvalue weighted by Crippen LogP contribution is -2.19. The zero-order valence-electron chi connectivity index (χ0n) is 62.1. The largest absolute Gasteiger partial charge is 0.303 e. The van der Waals surface area contributed by atoms with Gasteiger partial charge in [0.15, 0.2) is 0 Å². The van der Waals surface area contributed by atoms with Crippen LogP contribution in [0, 0.1) is 101 Å². The minimum atomic E-state index is 0.775. The summed E-state index contributed by atoms with van der Waals surface area (Å²) in [6.45, 7) is 23.1. The van der Waals surface area contributed by atoms with E-state index in [4.69, 9.17) is 0 Å². The number of hydrogen-bond donors (Lipinski definition) is 0. The Labute approximate surface area is 565 Å². The molecule has 7 heteroatoms. The van der Waals surface area contributed by atoms with E-state index in [0.717, 1.165) is 234 Å². The summed E-state index contributed by atoms with van der Waals surface area (Å²) in [5.74, 6) is 15.4. The first-order valence-corrected chi connectivity index (χ1v) is 40.2. The van der Waals surface area contributed by atoms with Gasteiger partial charge in [-0.25, -0.2) is 0 Å². The van der Waals surface area contributed by atoms with Crippen LogP contribution in [0.1, 0.15) is 390 Å². The Hall–Kier alpha value is -2.31. The molecule has 91 heavy (non-hydrogen) atoms. The number of unbranched alkanes of at least 4 members (excludes halogenated alkanes) is 1. The highest BCUT2D eigenvalue weighted by atomic mass is 16.1. The Kier molecular flexibility index (Phi) is 56.2. The van der Waals surface area contributed by atoms with Gasteiger partial charge >= 0.3 is 0 Å². The van der Waals surface area contributed by atoms with E-state index in [2.05, 4.69) is 69.2 Å². The smallest absolute Gasteiger partial charge is 0.120 e. The molecule has 0 saturated heterocycles. The molecule has 0 radical (unpaired) electrons. The maximum absolute atomic E-state index is 10.3. The van der Waals surface area contributed by atoms with Crippen LogP contribution in [0.2, 0.25) is 0 Å². The Balaban J connectivity index is 0.000000532. The van der Waals surface area contributed by atoms with Crippen LogP contribution in [0.5, 0.6) is 0 Å². The molecule has 7 fully saturated rings. The topological polar surface area (TPSA) is 119 Å². The SMILES string of the molecule is CC(C)C1CCC(CCC=O)CC1.CC(C)CC1CCC(CCC=O)CC1.CC1CCC(CCC=O)CC1.CCC(C)C1CCC(CCC=O)CC1.CCC1CCC(CCC=O)CC1.CCCC1CCC(CCC=O)CC1.CCCCC1CCC(CCC=O)CC1. The molecule has 532 valence electrons. The number of aldehydes is 7. The highest BCUT2D eigenvalue weighted by molar-refractivity contribution is 5.50. The second-order valence-corrected chi connectivity index (χ2v) is 32.0. The van der Waals surface area contributed by atoms with Gasteiger partial charge in [-0.15, -0.1) is 0 Å². The van der Waals surface area contributed by atoms with Crippen molar-refractivity contribution in [2.75, 3.05) is 0 Å². The lowest BCUT2D eigenvalue weighted by atomic mass is 9.74. The van der Waals surface area contributed by atoms with Crippen LogP contribution in [-0.2, 0) is 33.6 Å². The van der Waals surface area contributed by atoms with Gasteiger partial charge in [-0.1, -0.05) is 268 Å². The standard InChI is InChI=1S/3C13H24O.2C12H22O.C11H20O.C10H18O/c1-11(2)10-13-7-5-12(6-8-13)4-3-9-14;1-3-11(2)13-8-6-12(7-9-13)5-4-10-14;1-2-3-5-12-7-9-13(10-8-12)6-4-11-14;1-10(2)12-7-5-11(6-8-12)4-3-9-13;1-2-4-11-6-8-12(9-7-11)5-3-10-13;1-2-10-5-7-11(8-6-10)4-3-9-12;1-9-4-6-10(7-5-9)3-2-8-11/h9,11-13H,3-8,10H2,1-2H3;10-13H,3-9H2,1-2H3;11-13H,2-10H2,1H3;9-12H,3-8H2,1-2H3;10-12H,2-9H2,1H3;9-11H,2-8H2,1H3;8-10H,2-7H2,1H3. The van der Waals surface area contributed by atoms with Crippen molar-refractivity contribution in [3.05, 3.63) is 0 Å². The lowest BCUT2D eigenvalue weighted by Gasteiger charge is -2.31. The molecule has 1 atom stereocenters. The van der Waals surface area contributed by atoms with Crippen LogP contribution in [0.15, 0.2) is 0 Å². The maximum atomic E-state index is 10.3. The molecule has 0 aromatic rings. The maximum Gasteiger partial charge on any atom is 0.120 e. The molecule has 0 heterocycles. The van der Waals surface area contributed by atoms with Crippen molar-refractivity contribution in [2.24, 2.45) is 101 Å². The fourth-order valence-electron chi connectivity index (χ4n) is 17.1. The number of carbonyl (C=O) groups excluding carboxylic acids is 7. The fraction of sp³-hybridized carbons (Fsp3) is 0.917. The third kappa shape index (κ3) is 45.7. The Morgan fingerprint density at radius 2 is 0.538 bits per heavy atom. The van der Waals surface area contributed by atoms with Gasteiger partial charge in [0.05, 0.1) is 0 Å². The molecule has 7 saturated carbocycles. The van der Waals surface area contributed by atoms with E-state index >= 15 is 0 Å². The first kappa shape index (κ1) is 86.7. The summed E-state index contributed by atoms with van der Waals surface area (Å²) in [6.07, 6.45) is 70.6. The lowest BCUT2D eigenvalue weighted by molar-refractivity contribution is -0.108. The minimum absolute atomic E-state index is 0.775. The van der Waals surface area contributed by atoms with Crippen LogP contribution >= 0.6 is 0 Å². The first-order valence-electron chi connectivity index (χ1n) is 40.2. The van der Waals surface area contributed by atoms with Gasteiger partial charge in [-0.2, -0.15) is 0 Å². The Bertz CT molecular complexity index is 1650. The van der Waals surface area contributed by atoms with Crippen LogP contribution in [0.25, 0.3) is 0 Å². The van der Waals surface area contributed by atoms with Crippen molar-refractivity contribution in [2.45, 2.75) is 390 Å². The van der Waals surface area contributed by atoms with Gasteiger partial charge in [-0.3, -0.25) is 0 Å². The molecule has 7 rings (SSSR count). The predicted molar refractivity (Wildman–Crippen MR) is 389 cm³/mol. The average molecular weight is 1280 g/mol. The Morgan fingerprint density at radius 1 is 0.286 bits per heavy atom. The Morgan fingerprint density at radius 3 is 0.791 bits per heavy atom. The van der Waals surface area contributed by atoms with E-state index in [-0.39, 0.29) is 0 Å². The van der Waals surface area contributed by atoms with Crippen LogP contribution in [0.3, 0.4) is 0 Å². The van der Waals surface area contributed by atoms with E-state index in [1.165, 1.54) is 231 Å². The molecule has 0 spiro atoms. The minimum Gasteiger partial charge on any atom is -0.303 e. The molecular formula is C84H154O7. The van der Waals surface area contributed by atoms with E-state index in [0.29, 0.717) is 0 Å². The third-order valence-electron chi connectivity index (χ3n) is 24.1. The van der Waals surface area contributed by atoms with E-state index in [1.807, 2.05) is 0 Å². The second-order valence-electron chi connectivity index (χ2n) is 32.0. The summed E-state index contributed by atoms with van der Waals surface area (Å²) in [6, 6.07) is 0. The highest BCUT2D eigenvalue weighted by Gasteiger charge is 2.27. The van der Waals surface area contributed by atoms with Crippen molar-refractivity contribution in [3.63, 3.8) is 0 Å². The molecular weight excluding hydrogens is 1120 g/mol. The highest BCUT2D eigenvalue weighted by Crippen LogP contribution is 2.40. The zero-order valence-corrected chi connectivity index (χ0v) is 62.1. The zero-order chi connectivity index (χ0) is 67.1. The summed E-state index contributed by atoms with van der Waals surface area (Å²) in [4.78, 5) is 71.5. The van der Waals surface area contributed by atoms with Crippen molar-refractivity contribution in [3.8, 4) is 0 Å². The van der Waals surface area contributed by atoms with Gasteiger partial charge in [0.2, 0.25) is 0 Å². The normalized spacial score (nSPS) is 29.2. The van der Waals surface area contributed by atoms with Gasteiger partial charge in [0.25, 0.3) is 0 Å². The van der Waals surface area contributed by atoms with Crippen molar-refractivity contribution >= 4 is 44.0 Å². The van der Waals surface area contributed by atoms with E-state index in [9.17, 15) is 33.6 Å². The van der Waals surface area contributed by atoms with Gasteiger partial charge in [0.1, 0.15) is 44.0 Å². The molecule has 7 nitrogen and oxygen atoms in total. The monoisotopic (exact) mass is 1280 g/mol. The summed E-state index contributed by atoms with van der Waals surface area (Å²) in [5.41, 5.74) is 0. The summed E-state index contributed by atoms with van der Waals surface area (Å²) in [7, 11) is 0. The summed E-state index contributed by atoms with van der Waals surface area (Å²) >= 11 is 0. The molecule has 0 amide bonds. The number of rotatable bonds is 32. The molecule has 7 aliphatic rings. The second kappa shape index (κ2) is 59.0. The van der Waals surface area contributed by atoms with Crippen molar-refractivity contribution in [1.29, 1.82) is 0 Å². The fourth-order valence-corrected chi connectivity index (χ4v) is 17.1. The van der Waals surface area contributed by atoms with Crippen LogP contribution in [-0.4, -0.2) is 44.0 Å². The quantitative estimate of drug-likeness (QED) is 0.0615. The summed E-state index contributed by atoms with van der Waals surface area (Å²) < 4.78 is 0. The predicted octanol–water partition coefficient (Wildman–Crippen LogP) is 24.6. The van der Waals surface area contributed by atoms with Gasteiger partial charge in [-0.05, 0) is 178 Å². The average Bonchev–Trinajstić information content (AvgIpc) is 3.74. The molecule has 0 aromatic heterocycles. The van der Waals surface area contributed by atoms with Crippen LogP contribution < -0.4 is 0 Å². The van der Waals surface area contributed by atoms with Crippen molar-refractivity contribution < 1.29 is 33.6 Å². The molecule has 0 aliphatic heterocycles. The molecule has 0 bridgehead atoms. The van der Waals surface area contributed by atoms with E-state index in [1.54, 1.807) is 0 Å². The first-order chi connectivity index (χ1) is 44.1. The third-order valence-corrected chi connectivity index (χ3v) is 24.1. The van der Waals surface area contributed by atoms with E-state index < -0.39 is 0 Å². The van der Waals surface area contributed by atoms with Crippen LogP contribution in [0.4, 0.5) is 0 Å². The van der Waals surface area contributed by atoms with Crippen molar-refractivity contribution in [1.82, 2.24) is 0 Å². The molecule has 0 N–H and O–H groups in total. The molecule has 1 unspecified atom stereocenters. The molecule has 7 aliphatic carbocycles. The number of carbonyl (C=O) groups is 7. The summed E-state index contributed by atoms with van der Waals surface area (Å²) in [5, 5.41) is 0. The van der Waals surface area contributed by atoms with Gasteiger partial charge < -0.3 is 33.6 Å².